The fourth-order valence-electron chi connectivity index (χ4n) is 2.81. The SMILES string of the molecule is Cc1cc(C(OC(=O)c2ccc(Cl)cc2)C(F)(F)F)c(C)n1CC(C)C. The summed E-state index contributed by atoms with van der Waals surface area (Å²) >= 11 is 5.74. The van der Waals surface area contributed by atoms with Gasteiger partial charge < -0.3 is 9.30 Å². The molecule has 0 aliphatic heterocycles. The largest absolute Gasteiger partial charge is 0.444 e. The maximum Gasteiger partial charge on any atom is 0.429 e. The molecule has 0 spiro atoms. The Balaban J connectivity index is 2.37. The second-order valence-electron chi connectivity index (χ2n) is 6.66. The Hall–Kier alpha value is -1.95. The van der Waals surface area contributed by atoms with Crippen LogP contribution in [0, 0.1) is 19.8 Å². The topological polar surface area (TPSA) is 31.2 Å². The Morgan fingerprint density at radius 2 is 1.77 bits per heavy atom. The maximum atomic E-state index is 13.6. The highest BCUT2D eigenvalue weighted by molar-refractivity contribution is 6.30. The third kappa shape index (κ3) is 4.61. The van der Waals surface area contributed by atoms with Gasteiger partial charge in [0.2, 0.25) is 6.10 Å². The third-order valence-corrected chi connectivity index (χ3v) is 4.30. The molecular formula is C19H21ClF3NO2. The van der Waals surface area contributed by atoms with Gasteiger partial charge in [0.05, 0.1) is 5.56 Å². The average molecular weight is 388 g/mol. The lowest BCUT2D eigenvalue weighted by Gasteiger charge is -2.21. The molecule has 0 fully saturated rings. The Bertz CT molecular complexity index is 779. The van der Waals surface area contributed by atoms with Crippen LogP contribution in [0.1, 0.15) is 47.3 Å². The van der Waals surface area contributed by atoms with Crippen molar-refractivity contribution in [2.75, 3.05) is 0 Å². The second kappa shape index (κ2) is 7.74. The number of esters is 1. The van der Waals surface area contributed by atoms with Crippen LogP contribution >= 0.6 is 11.6 Å². The van der Waals surface area contributed by atoms with Crippen molar-refractivity contribution in [3.05, 3.63) is 57.9 Å². The van der Waals surface area contributed by atoms with E-state index in [9.17, 15) is 18.0 Å². The first kappa shape index (κ1) is 20.4. The number of halogens is 4. The fraction of sp³-hybridized carbons (Fsp3) is 0.421. The number of aryl methyl sites for hydroxylation is 1. The molecule has 0 radical (unpaired) electrons. The monoisotopic (exact) mass is 387 g/mol. The number of nitrogens with zero attached hydrogens (tertiary/aromatic N) is 1. The molecule has 26 heavy (non-hydrogen) atoms. The van der Waals surface area contributed by atoms with Gasteiger partial charge in [0, 0.05) is 28.5 Å². The summed E-state index contributed by atoms with van der Waals surface area (Å²) in [6, 6.07) is 6.95. The lowest BCUT2D eigenvalue weighted by molar-refractivity contribution is -0.207. The minimum atomic E-state index is -4.72. The third-order valence-electron chi connectivity index (χ3n) is 4.05. The first-order valence-corrected chi connectivity index (χ1v) is 8.58. The van der Waals surface area contributed by atoms with E-state index in [-0.39, 0.29) is 17.0 Å². The van der Waals surface area contributed by atoms with Crippen molar-refractivity contribution < 1.29 is 22.7 Å². The van der Waals surface area contributed by atoms with Crippen molar-refractivity contribution in [1.29, 1.82) is 0 Å². The number of benzene rings is 1. The molecule has 0 aliphatic rings. The van der Waals surface area contributed by atoms with Gasteiger partial charge >= 0.3 is 12.1 Å². The van der Waals surface area contributed by atoms with Crippen LogP contribution in [-0.4, -0.2) is 16.7 Å². The minimum Gasteiger partial charge on any atom is -0.444 e. The first-order chi connectivity index (χ1) is 12.0. The zero-order chi connectivity index (χ0) is 19.6. The summed E-state index contributed by atoms with van der Waals surface area (Å²) in [5.74, 6) is -0.772. The van der Waals surface area contributed by atoms with E-state index in [0.29, 0.717) is 23.0 Å². The van der Waals surface area contributed by atoms with Crippen LogP contribution in [0.2, 0.25) is 5.02 Å². The summed E-state index contributed by atoms with van der Waals surface area (Å²) in [5.41, 5.74) is 1.11. The summed E-state index contributed by atoms with van der Waals surface area (Å²) in [6.45, 7) is 7.92. The number of rotatable bonds is 5. The highest BCUT2D eigenvalue weighted by Crippen LogP contribution is 2.39. The second-order valence-corrected chi connectivity index (χ2v) is 7.10. The molecule has 1 unspecified atom stereocenters. The number of aromatic nitrogens is 1. The van der Waals surface area contributed by atoms with Gasteiger partial charge in [-0.05, 0) is 50.1 Å². The van der Waals surface area contributed by atoms with Crippen molar-refractivity contribution in [3.63, 3.8) is 0 Å². The van der Waals surface area contributed by atoms with E-state index in [1.807, 2.05) is 18.4 Å². The molecule has 0 bridgehead atoms. The number of hydrogen-bond acceptors (Lipinski definition) is 2. The number of hydrogen-bond donors (Lipinski definition) is 0. The Morgan fingerprint density at radius 3 is 2.27 bits per heavy atom. The molecule has 3 nitrogen and oxygen atoms in total. The van der Waals surface area contributed by atoms with E-state index < -0.39 is 18.2 Å². The van der Waals surface area contributed by atoms with Gasteiger partial charge in [-0.2, -0.15) is 13.2 Å². The molecule has 7 heteroatoms. The van der Waals surface area contributed by atoms with E-state index in [1.165, 1.54) is 30.3 Å². The maximum absolute atomic E-state index is 13.6. The molecule has 0 amide bonds. The highest BCUT2D eigenvalue weighted by Gasteiger charge is 2.45. The highest BCUT2D eigenvalue weighted by atomic mass is 35.5. The molecule has 1 aromatic heterocycles. The van der Waals surface area contributed by atoms with Gasteiger partial charge in [0.15, 0.2) is 0 Å². The van der Waals surface area contributed by atoms with Gasteiger partial charge in [-0.25, -0.2) is 4.79 Å². The molecule has 0 N–H and O–H groups in total. The molecule has 0 saturated heterocycles. The minimum absolute atomic E-state index is 0.0136. The normalized spacial score (nSPS) is 13.1. The molecule has 1 aromatic carbocycles. The molecule has 1 heterocycles. The summed E-state index contributed by atoms with van der Waals surface area (Å²) in [6.07, 6.45) is -7.04. The van der Waals surface area contributed by atoms with Crippen LogP contribution in [0.3, 0.4) is 0 Å². The van der Waals surface area contributed by atoms with E-state index in [4.69, 9.17) is 16.3 Å². The van der Waals surface area contributed by atoms with Crippen molar-refractivity contribution in [3.8, 4) is 0 Å². The van der Waals surface area contributed by atoms with E-state index in [0.717, 1.165) is 0 Å². The van der Waals surface area contributed by atoms with E-state index >= 15 is 0 Å². The number of alkyl halides is 3. The molecule has 142 valence electrons. The summed E-state index contributed by atoms with van der Waals surface area (Å²) in [7, 11) is 0. The Morgan fingerprint density at radius 1 is 1.19 bits per heavy atom. The van der Waals surface area contributed by atoms with Gasteiger partial charge in [-0.1, -0.05) is 25.4 Å². The summed E-state index contributed by atoms with van der Waals surface area (Å²) in [4.78, 5) is 12.2. The van der Waals surface area contributed by atoms with Crippen LogP contribution < -0.4 is 0 Å². The Labute approximate surface area is 155 Å². The average Bonchev–Trinajstić information content (AvgIpc) is 2.79. The van der Waals surface area contributed by atoms with Crippen molar-refractivity contribution >= 4 is 17.6 Å². The number of carbonyl (C=O) groups excluding carboxylic acids is 1. The Kier molecular flexibility index (Phi) is 6.06. The standard InChI is InChI=1S/C19H21ClF3NO2/c1-11(2)10-24-12(3)9-16(13(24)4)17(19(21,22)23)26-18(25)14-5-7-15(20)8-6-14/h5-9,11,17H,10H2,1-4H3. The molecule has 2 rings (SSSR count). The van der Waals surface area contributed by atoms with Crippen LogP contribution in [0.4, 0.5) is 13.2 Å². The van der Waals surface area contributed by atoms with Crippen molar-refractivity contribution in [1.82, 2.24) is 4.57 Å². The number of carbonyl (C=O) groups is 1. The van der Waals surface area contributed by atoms with Gasteiger partial charge in [0.1, 0.15) is 0 Å². The zero-order valence-corrected chi connectivity index (χ0v) is 15.8. The number of ether oxygens (including phenoxy) is 1. The van der Waals surface area contributed by atoms with Gasteiger partial charge in [-0.15, -0.1) is 0 Å². The van der Waals surface area contributed by atoms with Crippen LogP contribution in [-0.2, 0) is 11.3 Å². The molecule has 2 aromatic rings. The van der Waals surface area contributed by atoms with Crippen LogP contribution in [0.25, 0.3) is 0 Å². The first-order valence-electron chi connectivity index (χ1n) is 8.20. The summed E-state index contributed by atoms with van der Waals surface area (Å²) < 4.78 is 47.5. The van der Waals surface area contributed by atoms with Gasteiger partial charge in [-0.3, -0.25) is 0 Å². The zero-order valence-electron chi connectivity index (χ0n) is 15.0. The van der Waals surface area contributed by atoms with Crippen LogP contribution in [0.15, 0.2) is 30.3 Å². The molecule has 1 atom stereocenters. The van der Waals surface area contributed by atoms with Crippen LogP contribution in [0.5, 0.6) is 0 Å². The molecule has 0 saturated carbocycles. The predicted octanol–water partition coefficient (Wildman–Crippen LogP) is 5.87. The lowest BCUT2D eigenvalue weighted by atomic mass is 10.1. The van der Waals surface area contributed by atoms with Crippen molar-refractivity contribution in [2.45, 2.75) is 46.5 Å². The summed E-state index contributed by atoms with van der Waals surface area (Å²) in [5, 5.41) is 0.381. The quantitative estimate of drug-likeness (QED) is 0.600. The van der Waals surface area contributed by atoms with Crippen molar-refractivity contribution in [2.24, 2.45) is 5.92 Å². The smallest absolute Gasteiger partial charge is 0.429 e. The van der Waals surface area contributed by atoms with E-state index in [2.05, 4.69) is 0 Å². The van der Waals surface area contributed by atoms with E-state index in [1.54, 1.807) is 13.8 Å². The molecular weight excluding hydrogens is 367 g/mol. The predicted molar refractivity (Wildman–Crippen MR) is 94.4 cm³/mol. The lowest BCUT2D eigenvalue weighted by Crippen LogP contribution is -2.27. The molecule has 0 aliphatic carbocycles. The van der Waals surface area contributed by atoms with Gasteiger partial charge in [0.25, 0.3) is 0 Å². The fourth-order valence-corrected chi connectivity index (χ4v) is 2.93.